The maximum Gasteiger partial charge on any atom is 0.326 e. The molecule has 4 atom stereocenters. The number of rotatable bonds is 19. The molecule has 13 heteroatoms. The molecule has 0 aliphatic carbocycles. The topological polar surface area (TPSA) is 217 Å². The van der Waals surface area contributed by atoms with Gasteiger partial charge in [0.2, 0.25) is 11.8 Å². The predicted molar refractivity (Wildman–Crippen MR) is 240 cm³/mol. The van der Waals surface area contributed by atoms with Crippen LogP contribution >= 0.6 is 0 Å². The number of benzene rings is 4. The number of carbonyl (C=O) groups is 5. The fourth-order valence-electron chi connectivity index (χ4n) is 7.84. The number of likely N-dealkylation sites (N-methyl/N-ethyl adjacent to an activating group) is 1. The molecule has 0 radical (unpaired) electrons. The molecule has 0 saturated carbocycles. The lowest BCUT2D eigenvalue weighted by Crippen LogP contribution is -2.45. The van der Waals surface area contributed by atoms with Crippen molar-refractivity contribution >= 4 is 29.4 Å². The summed E-state index contributed by atoms with van der Waals surface area (Å²) in [5.41, 5.74) is 23.4. The number of carbonyl (C=O) groups excluding carboxylic acids is 4. The van der Waals surface area contributed by atoms with E-state index in [4.69, 9.17) is 26.7 Å². The Labute approximate surface area is 364 Å². The second-order valence-corrected chi connectivity index (χ2v) is 16.0. The highest BCUT2D eigenvalue weighted by atomic mass is 16.5. The van der Waals surface area contributed by atoms with Crippen LogP contribution in [0.3, 0.4) is 0 Å². The minimum Gasteiger partial charge on any atom is -0.492 e. The second-order valence-electron chi connectivity index (χ2n) is 16.0. The molecule has 330 valence electrons. The number of nitrogens with two attached hydrogens (primary N) is 3. The van der Waals surface area contributed by atoms with Gasteiger partial charge in [-0.2, -0.15) is 0 Å². The summed E-state index contributed by atoms with van der Waals surface area (Å²) < 4.78 is 12.2. The van der Waals surface area contributed by atoms with E-state index in [9.17, 15) is 29.1 Å². The molecule has 0 spiro atoms. The van der Waals surface area contributed by atoms with E-state index in [0.29, 0.717) is 58.7 Å². The molecule has 4 aromatic carbocycles. The summed E-state index contributed by atoms with van der Waals surface area (Å²) in [6.07, 6.45) is 3.58. The van der Waals surface area contributed by atoms with E-state index < -0.39 is 47.5 Å². The van der Waals surface area contributed by atoms with E-state index in [1.54, 1.807) is 55.5 Å². The van der Waals surface area contributed by atoms with Gasteiger partial charge in [-0.3, -0.25) is 19.2 Å². The number of nitrogens with zero attached hydrogens (tertiary/aromatic N) is 1. The molecule has 0 saturated heterocycles. The Morgan fingerprint density at radius 1 is 0.806 bits per heavy atom. The molecule has 1 aliphatic rings. The Morgan fingerprint density at radius 2 is 1.42 bits per heavy atom. The van der Waals surface area contributed by atoms with Gasteiger partial charge in [-0.05, 0) is 84.3 Å². The summed E-state index contributed by atoms with van der Waals surface area (Å²) in [5.74, 6) is -3.90. The van der Waals surface area contributed by atoms with E-state index >= 15 is 0 Å². The third kappa shape index (κ3) is 12.1. The number of ketones is 2. The molecular weight excluding hydrogens is 787 g/mol. The van der Waals surface area contributed by atoms with Crippen LogP contribution in [0.15, 0.2) is 84.9 Å². The molecular formula is C49H61N5O8. The van der Waals surface area contributed by atoms with Crippen molar-refractivity contribution in [2.45, 2.75) is 77.3 Å². The maximum atomic E-state index is 14.7. The number of hydrogen-bond donors (Lipinski definition) is 5. The van der Waals surface area contributed by atoms with Crippen LogP contribution in [0, 0.1) is 11.8 Å². The van der Waals surface area contributed by atoms with Crippen molar-refractivity contribution in [1.29, 1.82) is 0 Å². The Bertz CT molecular complexity index is 2170. The molecule has 5 rings (SSSR count). The van der Waals surface area contributed by atoms with Crippen molar-refractivity contribution in [3.8, 4) is 33.8 Å². The number of fused-ring (bicyclic) bond motifs is 5. The van der Waals surface area contributed by atoms with Crippen LogP contribution in [0.4, 0.5) is 0 Å². The standard InChI is InChI=1S/C49H61N5O8/c1-4-5-7-32-9-12-34(13-10-32)35-14-16-36(17-15-35)42(55)30-38(8-6-21-50)48(58)54(3)46-37-18-20-45(62-25-23-52)40(29-37)39-27-33(11-19-44(39)61-24-22-51)28-41(49(59)60)53-47(57)31(2)26-43(46)56/h9-20,27,29,31,38,41,46H,4-8,21-26,28,30,50-52H2,1-3H3,(H,53,57)(H,59,60)/t31-,38-,41+,46+/m1/s1. The minimum atomic E-state index is -1.30. The first kappa shape index (κ1) is 47.2. The van der Waals surface area contributed by atoms with Crippen LogP contribution in [0.5, 0.6) is 11.5 Å². The molecule has 1 aliphatic heterocycles. The number of ether oxygens (including phenoxy) is 2. The zero-order chi connectivity index (χ0) is 44.8. The average molecular weight is 848 g/mol. The fraction of sp³-hybridized carbons (Fsp3) is 0.408. The highest BCUT2D eigenvalue weighted by molar-refractivity contribution is 6.00. The molecule has 0 fully saturated rings. The van der Waals surface area contributed by atoms with Gasteiger partial charge in [0.25, 0.3) is 0 Å². The van der Waals surface area contributed by atoms with Crippen molar-refractivity contribution in [2.75, 3.05) is 39.9 Å². The van der Waals surface area contributed by atoms with Crippen LogP contribution in [-0.2, 0) is 32.0 Å². The smallest absolute Gasteiger partial charge is 0.326 e. The maximum absolute atomic E-state index is 14.7. The number of aryl methyl sites for hydroxylation is 1. The number of unbranched alkanes of at least 4 members (excludes halogenated alkanes) is 1. The Morgan fingerprint density at radius 3 is 2.02 bits per heavy atom. The molecule has 13 nitrogen and oxygen atoms in total. The molecule has 8 N–H and O–H groups in total. The SMILES string of the molecule is CCCCc1ccc(-c2ccc(C(=O)C[C@@H](CCCN)C(=O)N(C)[C@@H]3C(=O)C[C@@H](C)C(=O)N[C@H](C(=O)O)Cc4ccc(OCCN)c(c4)-c4cc3ccc4OCCN)cc2)cc1. The van der Waals surface area contributed by atoms with E-state index in [1.807, 2.05) is 12.1 Å². The summed E-state index contributed by atoms with van der Waals surface area (Å²) in [6, 6.07) is 23.6. The van der Waals surface area contributed by atoms with E-state index in [2.05, 4.69) is 36.5 Å². The first-order valence-electron chi connectivity index (χ1n) is 21.6. The van der Waals surface area contributed by atoms with Crippen molar-refractivity contribution in [3.63, 3.8) is 0 Å². The third-order valence-corrected chi connectivity index (χ3v) is 11.3. The number of aliphatic carboxylic acids is 1. The Kier molecular flexibility index (Phi) is 17.4. The van der Waals surface area contributed by atoms with E-state index in [-0.39, 0.29) is 51.3 Å². The van der Waals surface area contributed by atoms with Gasteiger partial charge >= 0.3 is 5.97 Å². The lowest BCUT2D eigenvalue weighted by atomic mass is 9.88. The molecule has 4 bridgehead atoms. The van der Waals surface area contributed by atoms with Crippen molar-refractivity contribution in [1.82, 2.24) is 10.2 Å². The summed E-state index contributed by atoms with van der Waals surface area (Å²) in [4.78, 5) is 70.5. The highest BCUT2D eigenvalue weighted by Gasteiger charge is 2.36. The van der Waals surface area contributed by atoms with Gasteiger partial charge in [-0.25, -0.2) is 4.79 Å². The van der Waals surface area contributed by atoms with Gasteiger partial charge in [-0.1, -0.05) is 80.9 Å². The normalized spacial score (nSPS) is 17.0. The summed E-state index contributed by atoms with van der Waals surface area (Å²) in [6.45, 7) is 4.79. The van der Waals surface area contributed by atoms with Gasteiger partial charge in [-0.15, -0.1) is 0 Å². The summed E-state index contributed by atoms with van der Waals surface area (Å²) >= 11 is 0. The first-order chi connectivity index (χ1) is 29.9. The van der Waals surface area contributed by atoms with Gasteiger partial charge in [0.15, 0.2) is 11.6 Å². The Balaban J connectivity index is 1.53. The van der Waals surface area contributed by atoms with Gasteiger partial charge in [0, 0.05) is 67.9 Å². The quantitative estimate of drug-likeness (QED) is 0.0702. The van der Waals surface area contributed by atoms with Crippen LogP contribution < -0.4 is 32.0 Å². The van der Waals surface area contributed by atoms with Gasteiger partial charge < -0.3 is 42.0 Å². The lowest BCUT2D eigenvalue weighted by Gasteiger charge is -2.32. The second kappa shape index (κ2) is 22.8. The predicted octanol–water partition coefficient (Wildman–Crippen LogP) is 5.89. The number of amides is 2. The zero-order valence-corrected chi connectivity index (χ0v) is 36.1. The van der Waals surface area contributed by atoms with Gasteiger partial charge in [0.05, 0.1) is 0 Å². The number of carboxylic acid groups (broad SMARTS) is 1. The van der Waals surface area contributed by atoms with Gasteiger partial charge in [0.1, 0.15) is 36.8 Å². The molecule has 1 heterocycles. The van der Waals surface area contributed by atoms with E-state index in [0.717, 1.165) is 30.4 Å². The van der Waals surface area contributed by atoms with Crippen LogP contribution in [0.25, 0.3) is 22.3 Å². The summed E-state index contributed by atoms with van der Waals surface area (Å²) in [7, 11) is 1.52. The van der Waals surface area contributed by atoms with Crippen molar-refractivity contribution in [3.05, 3.63) is 107 Å². The van der Waals surface area contributed by atoms with Crippen LogP contribution in [-0.4, -0.2) is 85.3 Å². The fourth-order valence-corrected chi connectivity index (χ4v) is 7.84. The molecule has 62 heavy (non-hydrogen) atoms. The third-order valence-electron chi connectivity index (χ3n) is 11.3. The van der Waals surface area contributed by atoms with E-state index in [1.165, 1.54) is 17.5 Å². The highest BCUT2D eigenvalue weighted by Crippen LogP contribution is 2.41. The zero-order valence-electron chi connectivity index (χ0n) is 36.1. The Hall–Kier alpha value is -5.89. The largest absolute Gasteiger partial charge is 0.492 e. The number of nitrogens with one attached hydrogen (secondary N) is 1. The number of Topliss-reactive ketones (excluding diaryl/α,β-unsaturated/α-hetero) is 2. The number of hydrogen-bond acceptors (Lipinski definition) is 10. The van der Waals surface area contributed by atoms with Crippen LogP contribution in [0.1, 0.15) is 85.5 Å². The average Bonchev–Trinajstić information content (AvgIpc) is 3.27. The van der Waals surface area contributed by atoms with Crippen molar-refractivity contribution in [2.24, 2.45) is 29.0 Å². The first-order valence-corrected chi connectivity index (χ1v) is 21.6. The molecule has 4 aromatic rings. The number of carboxylic acids is 1. The molecule has 0 aromatic heterocycles. The van der Waals surface area contributed by atoms with Crippen LogP contribution in [0.2, 0.25) is 0 Å². The molecule has 0 unspecified atom stereocenters. The molecule has 2 amide bonds. The lowest BCUT2D eigenvalue weighted by molar-refractivity contribution is -0.144. The minimum absolute atomic E-state index is 0.0511. The summed E-state index contributed by atoms with van der Waals surface area (Å²) in [5, 5.41) is 12.7. The van der Waals surface area contributed by atoms with Crippen molar-refractivity contribution < 1.29 is 38.6 Å². The monoisotopic (exact) mass is 847 g/mol.